The number of carbonyl (C=O) groups is 1. The van der Waals surface area contributed by atoms with Crippen LogP contribution in [-0.4, -0.2) is 29.9 Å². The first-order valence-electron chi connectivity index (χ1n) is 9.97. The van der Waals surface area contributed by atoms with Crippen LogP contribution in [0, 0.1) is 5.82 Å². The van der Waals surface area contributed by atoms with Gasteiger partial charge in [0.05, 0.1) is 18.1 Å². The molecule has 1 heterocycles. The van der Waals surface area contributed by atoms with Crippen molar-refractivity contribution in [3.05, 3.63) is 77.7 Å². The number of hydrogen-bond acceptors (Lipinski definition) is 5. The number of nitrogens with one attached hydrogen (secondary N) is 1. The van der Waals surface area contributed by atoms with Crippen molar-refractivity contribution in [2.24, 2.45) is 0 Å². The van der Waals surface area contributed by atoms with Crippen molar-refractivity contribution in [3.8, 4) is 11.3 Å². The van der Waals surface area contributed by atoms with Gasteiger partial charge in [0.25, 0.3) is 0 Å². The molecule has 0 aliphatic heterocycles. The van der Waals surface area contributed by atoms with E-state index in [-0.39, 0.29) is 17.9 Å². The molecule has 0 aliphatic rings. The molecular weight excluding hydrogens is 432 g/mol. The monoisotopic (exact) mass is 457 g/mol. The summed E-state index contributed by atoms with van der Waals surface area (Å²) in [5.74, 6) is -0.627. The van der Waals surface area contributed by atoms with Gasteiger partial charge in [0, 0.05) is 43.7 Å². The molecule has 0 spiro atoms. The Bertz CT molecular complexity index is 1130. The average molecular weight is 457 g/mol. The number of carbonyl (C=O) groups excluding carboxylic acids is 1. The fourth-order valence-corrected chi connectivity index (χ4v) is 4.22. The van der Waals surface area contributed by atoms with Crippen LogP contribution in [0.4, 0.5) is 10.1 Å². The quantitative estimate of drug-likeness (QED) is 0.346. The zero-order valence-electron chi connectivity index (χ0n) is 18.1. The lowest BCUT2D eigenvalue weighted by Crippen LogP contribution is -2.07. The van der Waals surface area contributed by atoms with Crippen LogP contribution in [0.3, 0.4) is 0 Å². The highest BCUT2D eigenvalue weighted by Crippen LogP contribution is 2.49. The maximum absolute atomic E-state index is 13.3. The molecule has 9 heteroatoms. The Morgan fingerprint density at radius 1 is 1.12 bits per heavy atom. The largest absolute Gasteiger partial charge is 0.334 e. The Hall–Kier alpha value is -3.06. The van der Waals surface area contributed by atoms with Crippen LogP contribution < -0.4 is 5.32 Å². The maximum atomic E-state index is 13.3. The Labute approximate surface area is 186 Å². The van der Waals surface area contributed by atoms with Gasteiger partial charge in [0.1, 0.15) is 5.82 Å². The normalized spacial score (nSPS) is 11.8. The molecule has 1 aromatic heterocycles. The second-order valence-electron chi connectivity index (χ2n) is 6.92. The van der Waals surface area contributed by atoms with Gasteiger partial charge in [0.2, 0.25) is 5.91 Å². The van der Waals surface area contributed by atoms with Crippen LogP contribution >= 0.6 is 7.60 Å². The summed E-state index contributed by atoms with van der Waals surface area (Å²) < 4.78 is 37.2. The van der Waals surface area contributed by atoms with Gasteiger partial charge in [-0.3, -0.25) is 14.0 Å². The summed E-state index contributed by atoms with van der Waals surface area (Å²) >= 11 is 0. The van der Waals surface area contributed by atoms with Crippen molar-refractivity contribution in [1.82, 2.24) is 9.78 Å². The van der Waals surface area contributed by atoms with Crippen LogP contribution in [0.2, 0.25) is 0 Å². The molecule has 0 fully saturated rings. The molecule has 1 amide bonds. The molecule has 0 unspecified atom stereocenters. The van der Waals surface area contributed by atoms with Crippen molar-refractivity contribution in [3.63, 3.8) is 0 Å². The van der Waals surface area contributed by atoms with Gasteiger partial charge in [-0.1, -0.05) is 12.1 Å². The molecule has 0 bridgehead atoms. The molecule has 32 heavy (non-hydrogen) atoms. The minimum Gasteiger partial charge on any atom is -0.323 e. The number of amides is 1. The van der Waals surface area contributed by atoms with E-state index in [2.05, 4.69) is 10.4 Å². The van der Waals surface area contributed by atoms with Gasteiger partial charge >= 0.3 is 7.60 Å². The molecule has 3 rings (SSSR count). The highest BCUT2D eigenvalue weighted by Gasteiger charge is 2.21. The molecular formula is C23H25FN3O4P. The van der Waals surface area contributed by atoms with Crippen LogP contribution in [0.25, 0.3) is 17.3 Å². The standard InChI is InChI=1S/C23H25FN3O4P/c1-4-27-23(18-7-10-20(24)11-8-18)19(15-25-27)9-14-22(28)26-21-12-5-17(6-13-21)16-32(29,30-2)31-3/h5-15H,4,16H2,1-3H3,(H,26,28)/b14-9+. The van der Waals surface area contributed by atoms with Crippen molar-refractivity contribution in [2.75, 3.05) is 19.5 Å². The van der Waals surface area contributed by atoms with Crippen LogP contribution in [0.5, 0.6) is 0 Å². The van der Waals surface area contributed by atoms with Gasteiger partial charge in [0.15, 0.2) is 0 Å². The summed E-state index contributed by atoms with van der Waals surface area (Å²) in [6, 6.07) is 13.1. The van der Waals surface area contributed by atoms with Crippen LogP contribution in [0.15, 0.2) is 60.8 Å². The van der Waals surface area contributed by atoms with Gasteiger partial charge in [-0.25, -0.2) is 4.39 Å². The number of hydrogen-bond donors (Lipinski definition) is 1. The molecule has 0 aliphatic carbocycles. The van der Waals surface area contributed by atoms with Gasteiger partial charge in [-0.15, -0.1) is 0 Å². The predicted octanol–water partition coefficient (Wildman–Crippen LogP) is 5.35. The summed E-state index contributed by atoms with van der Waals surface area (Å²) in [6.45, 7) is 2.60. The Balaban J connectivity index is 1.70. The highest BCUT2D eigenvalue weighted by atomic mass is 31.2. The predicted molar refractivity (Wildman–Crippen MR) is 123 cm³/mol. The second-order valence-corrected chi connectivity index (χ2v) is 9.19. The van der Waals surface area contributed by atoms with Crippen molar-refractivity contribution < 1.29 is 22.8 Å². The summed E-state index contributed by atoms with van der Waals surface area (Å²) in [6.07, 6.45) is 4.91. The summed E-state index contributed by atoms with van der Waals surface area (Å²) in [5.41, 5.74) is 3.73. The molecule has 168 valence electrons. The molecule has 1 N–H and O–H groups in total. The SMILES string of the molecule is CCn1ncc(/C=C/C(=O)Nc2ccc(CP(=O)(OC)OC)cc2)c1-c1ccc(F)cc1. The van der Waals surface area contributed by atoms with E-state index in [1.165, 1.54) is 32.4 Å². The van der Waals surface area contributed by atoms with E-state index < -0.39 is 7.60 Å². The third kappa shape index (κ3) is 5.79. The highest BCUT2D eigenvalue weighted by molar-refractivity contribution is 7.52. The van der Waals surface area contributed by atoms with Crippen molar-refractivity contribution in [2.45, 2.75) is 19.6 Å². The van der Waals surface area contributed by atoms with E-state index in [0.29, 0.717) is 12.2 Å². The fourth-order valence-electron chi connectivity index (χ4n) is 3.16. The Kier molecular flexibility index (Phi) is 7.75. The zero-order chi connectivity index (χ0) is 23.1. The van der Waals surface area contributed by atoms with Crippen molar-refractivity contribution >= 4 is 25.3 Å². The van der Waals surface area contributed by atoms with E-state index in [0.717, 1.165) is 22.4 Å². The van der Waals surface area contributed by atoms with E-state index in [1.807, 2.05) is 6.92 Å². The summed E-state index contributed by atoms with van der Waals surface area (Å²) in [7, 11) is -0.463. The first kappa shape index (κ1) is 23.6. The van der Waals surface area contributed by atoms with Gasteiger partial charge in [-0.05, 0) is 55.0 Å². The Morgan fingerprint density at radius 2 is 1.78 bits per heavy atom. The first-order chi connectivity index (χ1) is 15.4. The second kappa shape index (κ2) is 10.5. The molecule has 0 saturated heterocycles. The number of halogens is 1. The molecule has 3 aromatic rings. The van der Waals surface area contributed by atoms with Crippen LogP contribution in [-0.2, 0) is 31.1 Å². The number of aromatic nitrogens is 2. The fraction of sp³-hybridized carbons (Fsp3) is 0.217. The molecule has 0 radical (unpaired) electrons. The third-order valence-electron chi connectivity index (χ3n) is 4.85. The summed E-state index contributed by atoms with van der Waals surface area (Å²) in [5, 5.41) is 7.13. The topological polar surface area (TPSA) is 82.5 Å². The van der Waals surface area contributed by atoms with E-state index in [9.17, 15) is 13.8 Å². The molecule has 0 atom stereocenters. The first-order valence-corrected chi connectivity index (χ1v) is 11.7. The number of anilines is 1. The lowest BCUT2D eigenvalue weighted by atomic mass is 10.1. The average Bonchev–Trinajstić information content (AvgIpc) is 3.22. The number of benzene rings is 2. The number of nitrogens with zero attached hydrogens (tertiary/aromatic N) is 2. The lowest BCUT2D eigenvalue weighted by molar-refractivity contribution is -0.111. The van der Waals surface area contributed by atoms with E-state index >= 15 is 0 Å². The van der Waals surface area contributed by atoms with E-state index in [1.54, 1.807) is 53.4 Å². The summed E-state index contributed by atoms with van der Waals surface area (Å²) in [4.78, 5) is 12.4. The molecule has 2 aromatic carbocycles. The van der Waals surface area contributed by atoms with Gasteiger partial charge in [-0.2, -0.15) is 5.10 Å². The minimum atomic E-state index is -3.15. The smallest absolute Gasteiger partial charge is 0.323 e. The van der Waals surface area contributed by atoms with Crippen molar-refractivity contribution in [1.29, 1.82) is 0 Å². The minimum absolute atomic E-state index is 0.141. The third-order valence-corrected chi connectivity index (χ3v) is 6.72. The number of rotatable bonds is 9. The lowest BCUT2D eigenvalue weighted by Gasteiger charge is -2.13. The van der Waals surface area contributed by atoms with Crippen LogP contribution in [0.1, 0.15) is 18.1 Å². The van der Waals surface area contributed by atoms with E-state index in [4.69, 9.17) is 9.05 Å². The molecule has 0 saturated carbocycles. The Morgan fingerprint density at radius 3 is 2.38 bits per heavy atom. The molecule has 7 nitrogen and oxygen atoms in total. The maximum Gasteiger partial charge on any atom is 0.334 e. The number of aryl methyl sites for hydroxylation is 1. The van der Waals surface area contributed by atoms with Gasteiger partial charge < -0.3 is 14.4 Å². The zero-order valence-corrected chi connectivity index (χ0v) is 19.0.